The third-order valence-corrected chi connectivity index (χ3v) is 3.38. The number of ether oxygens (including phenoxy) is 1. The first-order valence-corrected chi connectivity index (χ1v) is 6.20. The molecule has 1 fully saturated rings. The molecule has 0 radical (unpaired) electrons. The summed E-state index contributed by atoms with van der Waals surface area (Å²) < 4.78 is 11.2. The molecule has 1 aromatic heterocycles. The molecule has 5 nitrogen and oxygen atoms in total. The number of hydrogen-bond acceptors (Lipinski definition) is 5. The summed E-state index contributed by atoms with van der Waals surface area (Å²) in [5, 5.41) is 0. The van der Waals surface area contributed by atoms with Crippen molar-refractivity contribution in [3.63, 3.8) is 0 Å². The average Bonchev–Trinajstić information content (AvgIpc) is 2.81. The monoisotopic (exact) mass is 247 g/mol. The number of nitrogens with zero attached hydrogens (tertiary/aromatic N) is 2. The van der Waals surface area contributed by atoms with E-state index < -0.39 is 0 Å². The standard InChI is InChI=1S/C13H17N3O2/c1-17-10-3-2-6-16(8-10)13-15-11-7-9(14)4-5-12(11)18-13/h4-5,7,10H,2-3,6,8,14H2,1H3. The summed E-state index contributed by atoms with van der Waals surface area (Å²) in [6.45, 7) is 1.79. The molecule has 1 saturated heterocycles. The van der Waals surface area contributed by atoms with Gasteiger partial charge in [0.1, 0.15) is 5.52 Å². The fourth-order valence-electron chi connectivity index (χ4n) is 2.37. The van der Waals surface area contributed by atoms with Crippen LogP contribution in [0.4, 0.5) is 11.7 Å². The second-order valence-corrected chi connectivity index (χ2v) is 4.67. The molecule has 2 aromatic rings. The molecule has 0 amide bonds. The molecule has 0 spiro atoms. The van der Waals surface area contributed by atoms with Gasteiger partial charge in [0.25, 0.3) is 6.01 Å². The molecule has 1 atom stereocenters. The largest absolute Gasteiger partial charge is 0.423 e. The Morgan fingerprint density at radius 2 is 2.39 bits per heavy atom. The van der Waals surface area contributed by atoms with Gasteiger partial charge in [-0.25, -0.2) is 0 Å². The number of nitrogens with two attached hydrogens (primary N) is 1. The molecular weight excluding hydrogens is 230 g/mol. The van der Waals surface area contributed by atoms with Crippen LogP contribution in [0.15, 0.2) is 22.6 Å². The summed E-state index contributed by atoms with van der Waals surface area (Å²) in [5.74, 6) is 0. The molecule has 18 heavy (non-hydrogen) atoms. The van der Waals surface area contributed by atoms with Gasteiger partial charge in [0.2, 0.25) is 0 Å². The van der Waals surface area contributed by atoms with Crippen LogP contribution in [0, 0.1) is 0 Å². The Kier molecular flexibility index (Phi) is 2.83. The number of anilines is 2. The Morgan fingerprint density at radius 1 is 1.50 bits per heavy atom. The highest BCUT2D eigenvalue weighted by Gasteiger charge is 2.23. The zero-order chi connectivity index (χ0) is 12.5. The van der Waals surface area contributed by atoms with Crippen LogP contribution in [0.3, 0.4) is 0 Å². The Bertz CT molecular complexity index is 552. The van der Waals surface area contributed by atoms with Crippen molar-refractivity contribution in [1.82, 2.24) is 4.98 Å². The normalized spacial score (nSPS) is 20.5. The lowest BCUT2D eigenvalue weighted by Crippen LogP contribution is -2.39. The van der Waals surface area contributed by atoms with Crippen LogP contribution in [-0.4, -0.2) is 31.3 Å². The Hall–Kier alpha value is -1.75. The molecular formula is C13H17N3O2. The number of oxazole rings is 1. The van der Waals surface area contributed by atoms with Crippen molar-refractivity contribution in [3.05, 3.63) is 18.2 Å². The number of methoxy groups -OCH3 is 1. The van der Waals surface area contributed by atoms with E-state index in [0.29, 0.717) is 11.7 Å². The summed E-state index contributed by atoms with van der Waals surface area (Å²) in [4.78, 5) is 6.62. The molecule has 0 saturated carbocycles. The van der Waals surface area contributed by atoms with E-state index in [9.17, 15) is 0 Å². The molecule has 5 heteroatoms. The average molecular weight is 247 g/mol. The Morgan fingerprint density at radius 3 is 3.22 bits per heavy atom. The van der Waals surface area contributed by atoms with Crippen molar-refractivity contribution in [2.24, 2.45) is 0 Å². The summed E-state index contributed by atoms with van der Waals surface area (Å²) in [7, 11) is 1.75. The van der Waals surface area contributed by atoms with Crippen LogP contribution in [0.5, 0.6) is 0 Å². The van der Waals surface area contributed by atoms with E-state index in [1.165, 1.54) is 0 Å². The number of piperidine rings is 1. The number of benzene rings is 1. The zero-order valence-corrected chi connectivity index (χ0v) is 10.4. The fraction of sp³-hybridized carbons (Fsp3) is 0.462. The lowest BCUT2D eigenvalue weighted by atomic mass is 10.1. The smallest absolute Gasteiger partial charge is 0.298 e. The molecule has 1 aliphatic rings. The fourth-order valence-corrected chi connectivity index (χ4v) is 2.37. The molecule has 2 N–H and O–H groups in total. The van der Waals surface area contributed by atoms with Crippen molar-refractivity contribution in [3.8, 4) is 0 Å². The number of nitrogen functional groups attached to an aromatic ring is 1. The number of fused-ring (bicyclic) bond motifs is 1. The maximum absolute atomic E-state index is 5.76. The summed E-state index contributed by atoms with van der Waals surface area (Å²) in [5.41, 5.74) is 8.03. The highest BCUT2D eigenvalue weighted by molar-refractivity contribution is 5.78. The molecule has 96 valence electrons. The first-order chi connectivity index (χ1) is 8.76. The second kappa shape index (κ2) is 4.49. The number of hydrogen-bond donors (Lipinski definition) is 1. The number of aromatic nitrogens is 1. The van der Waals surface area contributed by atoms with Crippen LogP contribution in [0.2, 0.25) is 0 Å². The zero-order valence-electron chi connectivity index (χ0n) is 10.4. The van der Waals surface area contributed by atoms with E-state index in [0.717, 1.165) is 37.0 Å². The van der Waals surface area contributed by atoms with Gasteiger partial charge in [0.15, 0.2) is 5.58 Å². The van der Waals surface area contributed by atoms with Crippen LogP contribution >= 0.6 is 0 Å². The first kappa shape index (κ1) is 11.3. The van der Waals surface area contributed by atoms with Crippen molar-refractivity contribution >= 4 is 22.8 Å². The molecule has 1 aromatic carbocycles. The van der Waals surface area contributed by atoms with Crippen molar-refractivity contribution < 1.29 is 9.15 Å². The van der Waals surface area contributed by atoms with E-state index in [1.807, 2.05) is 18.2 Å². The predicted octanol–water partition coefficient (Wildman–Crippen LogP) is 2.03. The highest BCUT2D eigenvalue weighted by Crippen LogP contribution is 2.26. The first-order valence-electron chi connectivity index (χ1n) is 6.20. The van der Waals surface area contributed by atoms with Crippen LogP contribution < -0.4 is 10.6 Å². The maximum atomic E-state index is 5.76. The van der Waals surface area contributed by atoms with Crippen molar-refractivity contribution in [2.45, 2.75) is 18.9 Å². The molecule has 1 aliphatic heterocycles. The lowest BCUT2D eigenvalue weighted by Gasteiger charge is -2.30. The van der Waals surface area contributed by atoms with Gasteiger partial charge >= 0.3 is 0 Å². The third-order valence-electron chi connectivity index (χ3n) is 3.38. The highest BCUT2D eigenvalue weighted by atomic mass is 16.5. The minimum Gasteiger partial charge on any atom is -0.423 e. The van der Waals surface area contributed by atoms with Gasteiger partial charge in [-0.1, -0.05) is 0 Å². The molecule has 2 heterocycles. The molecule has 0 bridgehead atoms. The third kappa shape index (κ3) is 2.01. The van der Waals surface area contributed by atoms with Gasteiger partial charge in [-0.3, -0.25) is 0 Å². The van der Waals surface area contributed by atoms with Gasteiger partial charge in [-0.15, -0.1) is 0 Å². The summed E-state index contributed by atoms with van der Waals surface area (Å²) in [6, 6.07) is 6.18. The van der Waals surface area contributed by atoms with Gasteiger partial charge in [0, 0.05) is 25.9 Å². The molecule has 0 aliphatic carbocycles. The Balaban J connectivity index is 1.89. The molecule has 3 rings (SSSR count). The van der Waals surface area contributed by atoms with E-state index in [2.05, 4.69) is 9.88 Å². The van der Waals surface area contributed by atoms with Crippen LogP contribution in [0.25, 0.3) is 11.1 Å². The second-order valence-electron chi connectivity index (χ2n) is 4.67. The van der Waals surface area contributed by atoms with Crippen LogP contribution in [0.1, 0.15) is 12.8 Å². The Labute approximate surface area is 106 Å². The van der Waals surface area contributed by atoms with Crippen molar-refractivity contribution in [1.29, 1.82) is 0 Å². The predicted molar refractivity (Wildman–Crippen MR) is 70.7 cm³/mol. The van der Waals surface area contributed by atoms with Gasteiger partial charge in [0.05, 0.1) is 6.10 Å². The minimum atomic E-state index is 0.263. The lowest BCUT2D eigenvalue weighted by molar-refractivity contribution is 0.0880. The van der Waals surface area contributed by atoms with E-state index in [-0.39, 0.29) is 6.10 Å². The van der Waals surface area contributed by atoms with Gasteiger partial charge in [-0.2, -0.15) is 4.98 Å². The summed E-state index contributed by atoms with van der Waals surface area (Å²) in [6.07, 6.45) is 2.46. The minimum absolute atomic E-state index is 0.263. The SMILES string of the molecule is COC1CCCN(c2nc3cc(N)ccc3o2)C1. The van der Waals surface area contributed by atoms with Crippen molar-refractivity contribution in [2.75, 3.05) is 30.8 Å². The summed E-state index contributed by atoms with van der Waals surface area (Å²) >= 11 is 0. The quantitative estimate of drug-likeness (QED) is 0.822. The van der Waals surface area contributed by atoms with Gasteiger partial charge < -0.3 is 19.8 Å². The molecule has 1 unspecified atom stereocenters. The van der Waals surface area contributed by atoms with Crippen LogP contribution in [-0.2, 0) is 4.74 Å². The van der Waals surface area contributed by atoms with E-state index >= 15 is 0 Å². The van der Waals surface area contributed by atoms with Gasteiger partial charge in [-0.05, 0) is 31.0 Å². The van der Waals surface area contributed by atoms with E-state index in [1.54, 1.807) is 7.11 Å². The maximum Gasteiger partial charge on any atom is 0.298 e. The number of rotatable bonds is 2. The van der Waals surface area contributed by atoms with E-state index in [4.69, 9.17) is 14.9 Å². The topological polar surface area (TPSA) is 64.5 Å².